The van der Waals surface area contributed by atoms with Crippen LogP contribution in [-0.4, -0.2) is 41.2 Å². The molecule has 3 rings (SSSR count). The van der Waals surface area contributed by atoms with Crippen LogP contribution < -0.4 is 5.32 Å². The van der Waals surface area contributed by atoms with Crippen LogP contribution in [0.4, 0.5) is 4.79 Å². The van der Waals surface area contributed by atoms with Crippen molar-refractivity contribution in [1.29, 1.82) is 0 Å². The van der Waals surface area contributed by atoms with Gasteiger partial charge in [-0.2, -0.15) is 0 Å². The van der Waals surface area contributed by atoms with E-state index < -0.39 is 29.6 Å². The highest BCUT2D eigenvalue weighted by Gasteiger charge is 2.37. The second kappa shape index (κ2) is 9.08. The van der Waals surface area contributed by atoms with E-state index in [1.165, 1.54) is 0 Å². The van der Waals surface area contributed by atoms with Crippen LogP contribution in [0.2, 0.25) is 5.02 Å². The highest BCUT2D eigenvalue weighted by Crippen LogP contribution is 2.24. The van der Waals surface area contributed by atoms with E-state index in [1.807, 2.05) is 25.1 Å². The first-order valence-corrected chi connectivity index (χ1v) is 10.3. The standard InChI is InChI=1S/C23H25ClN2O5/c1-14-9-10-15(19(24)11-14)12-16(25-22(29)31-23(2,3)4)13-30-26-20(27)17-7-5-6-8-18(17)21(26)28/h5-11,16H,12-13H2,1-4H3,(H,25,29). The number of nitrogens with one attached hydrogen (secondary N) is 1. The fraction of sp³-hybridized carbons (Fsp3) is 0.348. The number of imide groups is 1. The SMILES string of the molecule is Cc1ccc(CC(CON2C(=O)c3ccccc3C2=O)NC(=O)OC(C)(C)C)c(Cl)c1. The number of fused-ring (bicyclic) bond motifs is 1. The third kappa shape index (κ3) is 5.62. The Bertz CT molecular complexity index is 980. The van der Waals surface area contributed by atoms with Crippen molar-refractivity contribution in [3.8, 4) is 0 Å². The van der Waals surface area contributed by atoms with E-state index in [0.717, 1.165) is 16.2 Å². The maximum atomic E-state index is 12.5. The molecule has 1 N–H and O–H groups in total. The Morgan fingerprint density at radius 1 is 1.10 bits per heavy atom. The normalized spacial score (nSPS) is 14.4. The molecular formula is C23H25ClN2O5. The molecule has 0 saturated carbocycles. The van der Waals surface area contributed by atoms with Crippen molar-refractivity contribution < 1.29 is 24.0 Å². The van der Waals surface area contributed by atoms with E-state index in [4.69, 9.17) is 21.2 Å². The van der Waals surface area contributed by atoms with Gasteiger partial charge in [-0.05, 0) is 63.4 Å². The molecule has 0 aliphatic carbocycles. The van der Waals surface area contributed by atoms with E-state index in [9.17, 15) is 14.4 Å². The van der Waals surface area contributed by atoms with Crippen molar-refractivity contribution >= 4 is 29.5 Å². The Kier molecular flexibility index (Phi) is 6.67. The van der Waals surface area contributed by atoms with E-state index in [0.29, 0.717) is 11.4 Å². The van der Waals surface area contributed by atoms with Crippen molar-refractivity contribution in [2.45, 2.75) is 45.8 Å². The second-order valence-electron chi connectivity index (χ2n) is 8.39. The number of carbonyl (C=O) groups excluding carboxylic acids is 3. The van der Waals surface area contributed by atoms with Crippen LogP contribution in [0.15, 0.2) is 42.5 Å². The lowest BCUT2D eigenvalue weighted by Crippen LogP contribution is -2.44. The number of nitrogens with zero attached hydrogens (tertiary/aromatic N) is 1. The first-order valence-electron chi connectivity index (χ1n) is 9.90. The molecule has 1 atom stereocenters. The number of halogens is 1. The third-order valence-corrected chi connectivity index (χ3v) is 4.91. The minimum Gasteiger partial charge on any atom is -0.444 e. The van der Waals surface area contributed by atoms with Gasteiger partial charge in [-0.1, -0.05) is 35.9 Å². The van der Waals surface area contributed by atoms with Gasteiger partial charge >= 0.3 is 6.09 Å². The molecule has 0 spiro atoms. The summed E-state index contributed by atoms with van der Waals surface area (Å²) in [5.41, 5.74) is 1.68. The average molecular weight is 445 g/mol. The molecule has 2 aromatic carbocycles. The molecule has 1 heterocycles. The number of hydrogen-bond donors (Lipinski definition) is 1. The Hall–Kier alpha value is -2.90. The van der Waals surface area contributed by atoms with E-state index in [-0.39, 0.29) is 17.7 Å². The summed E-state index contributed by atoms with van der Waals surface area (Å²) < 4.78 is 5.33. The Morgan fingerprint density at radius 2 is 1.71 bits per heavy atom. The molecule has 0 fully saturated rings. The Morgan fingerprint density at radius 3 is 2.26 bits per heavy atom. The van der Waals surface area contributed by atoms with Gasteiger partial charge in [-0.15, -0.1) is 5.06 Å². The summed E-state index contributed by atoms with van der Waals surface area (Å²) in [6, 6.07) is 11.5. The molecule has 164 valence electrons. The van der Waals surface area contributed by atoms with Gasteiger partial charge in [0.15, 0.2) is 0 Å². The summed E-state index contributed by atoms with van der Waals surface area (Å²) in [6.07, 6.45) is -0.312. The highest BCUT2D eigenvalue weighted by molar-refractivity contribution is 6.31. The number of hydrogen-bond acceptors (Lipinski definition) is 5. The predicted octanol–water partition coefficient (Wildman–Crippen LogP) is 4.31. The van der Waals surface area contributed by atoms with Gasteiger partial charge in [0.2, 0.25) is 0 Å². The van der Waals surface area contributed by atoms with E-state index in [2.05, 4.69) is 5.32 Å². The third-order valence-electron chi connectivity index (χ3n) is 4.56. The lowest BCUT2D eigenvalue weighted by atomic mass is 10.0. The number of hydroxylamine groups is 2. The van der Waals surface area contributed by atoms with Gasteiger partial charge in [0.25, 0.3) is 11.8 Å². The molecule has 0 radical (unpaired) electrons. The Labute approximate surface area is 186 Å². The summed E-state index contributed by atoms with van der Waals surface area (Å²) in [7, 11) is 0. The predicted molar refractivity (Wildman–Crippen MR) is 116 cm³/mol. The van der Waals surface area contributed by atoms with Crippen LogP contribution >= 0.6 is 11.6 Å². The summed E-state index contributed by atoms with van der Waals surface area (Å²) in [5.74, 6) is -1.07. The molecule has 3 amide bonds. The topological polar surface area (TPSA) is 84.9 Å². The number of alkyl carbamates (subject to hydrolysis) is 1. The van der Waals surface area contributed by atoms with Gasteiger partial charge < -0.3 is 10.1 Å². The summed E-state index contributed by atoms with van der Waals surface area (Å²) in [4.78, 5) is 42.9. The van der Waals surface area contributed by atoms with E-state index >= 15 is 0 Å². The van der Waals surface area contributed by atoms with Crippen LogP contribution in [0.25, 0.3) is 0 Å². The van der Waals surface area contributed by atoms with Crippen LogP contribution in [0.5, 0.6) is 0 Å². The zero-order chi connectivity index (χ0) is 22.8. The molecular weight excluding hydrogens is 420 g/mol. The molecule has 0 aromatic heterocycles. The number of carbonyl (C=O) groups is 3. The Balaban J connectivity index is 1.74. The van der Waals surface area contributed by atoms with Crippen LogP contribution in [0.1, 0.15) is 52.6 Å². The molecule has 0 saturated heterocycles. The number of rotatable bonds is 6. The summed E-state index contributed by atoms with van der Waals surface area (Å²) in [6.45, 7) is 7.07. The first kappa shape index (κ1) is 22.8. The van der Waals surface area contributed by atoms with Crippen LogP contribution in [0, 0.1) is 6.92 Å². The van der Waals surface area contributed by atoms with Gasteiger partial charge in [0, 0.05) is 5.02 Å². The van der Waals surface area contributed by atoms with Gasteiger partial charge in [-0.25, -0.2) is 4.79 Å². The first-order chi connectivity index (χ1) is 14.5. The quantitative estimate of drug-likeness (QED) is 0.671. The highest BCUT2D eigenvalue weighted by atomic mass is 35.5. The van der Waals surface area contributed by atoms with Crippen molar-refractivity contribution in [2.24, 2.45) is 0 Å². The number of benzene rings is 2. The van der Waals surface area contributed by atoms with E-state index in [1.54, 1.807) is 45.0 Å². The molecule has 2 aromatic rings. The molecule has 1 unspecified atom stereocenters. The minimum atomic E-state index is -0.681. The number of amides is 3. The largest absolute Gasteiger partial charge is 0.444 e. The number of ether oxygens (including phenoxy) is 1. The van der Waals surface area contributed by atoms with Crippen molar-refractivity contribution in [1.82, 2.24) is 10.4 Å². The molecule has 0 bridgehead atoms. The number of aryl methyl sites for hydroxylation is 1. The molecule has 31 heavy (non-hydrogen) atoms. The monoisotopic (exact) mass is 444 g/mol. The summed E-state index contributed by atoms with van der Waals surface area (Å²) >= 11 is 6.35. The van der Waals surface area contributed by atoms with Crippen LogP contribution in [0.3, 0.4) is 0 Å². The van der Waals surface area contributed by atoms with Crippen molar-refractivity contribution in [3.05, 3.63) is 69.7 Å². The van der Waals surface area contributed by atoms with Crippen molar-refractivity contribution in [3.63, 3.8) is 0 Å². The van der Waals surface area contributed by atoms with Gasteiger partial charge in [0.1, 0.15) is 5.60 Å². The molecule has 8 heteroatoms. The lowest BCUT2D eigenvalue weighted by Gasteiger charge is -2.25. The lowest BCUT2D eigenvalue weighted by molar-refractivity contribution is -0.0975. The maximum absolute atomic E-state index is 12.5. The summed E-state index contributed by atoms with van der Waals surface area (Å²) in [5, 5.41) is 4.02. The maximum Gasteiger partial charge on any atom is 0.407 e. The molecule has 1 aliphatic rings. The van der Waals surface area contributed by atoms with Crippen molar-refractivity contribution in [2.75, 3.05) is 6.61 Å². The van der Waals surface area contributed by atoms with Gasteiger partial charge in [-0.3, -0.25) is 14.4 Å². The molecule has 1 aliphatic heterocycles. The second-order valence-corrected chi connectivity index (χ2v) is 8.80. The fourth-order valence-corrected chi connectivity index (χ4v) is 3.47. The van der Waals surface area contributed by atoms with Crippen LogP contribution in [-0.2, 0) is 16.0 Å². The minimum absolute atomic E-state index is 0.130. The average Bonchev–Trinajstić information content (AvgIpc) is 2.91. The smallest absolute Gasteiger partial charge is 0.407 e. The zero-order valence-corrected chi connectivity index (χ0v) is 18.7. The zero-order valence-electron chi connectivity index (χ0n) is 17.9. The fourth-order valence-electron chi connectivity index (χ4n) is 3.16. The van der Waals surface area contributed by atoms with Gasteiger partial charge in [0.05, 0.1) is 23.8 Å². The molecule has 7 nitrogen and oxygen atoms in total.